The van der Waals surface area contributed by atoms with Gasteiger partial charge >= 0.3 is 0 Å². The molecule has 18 heavy (non-hydrogen) atoms. The normalized spacial score (nSPS) is 21.7. The lowest BCUT2D eigenvalue weighted by atomic mass is 9.99. The Kier molecular flexibility index (Phi) is 3.73. The summed E-state index contributed by atoms with van der Waals surface area (Å²) in [4.78, 5) is 0. The maximum atomic E-state index is 11.5. The van der Waals surface area contributed by atoms with Crippen LogP contribution in [0.1, 0.15) is 18.5 Å². The van der Waals surface area contributed by atoms with Crippen LogP contribution in [-0.2, 0) is 16.6 Å². The summed E-state index contributed by atoms with van der Waals surface area (Å²) in [6.07, 6.45) is 5.03. The van der Waals surface area contributed by atoms with Crippen molar-refractivity contribution in [2.24, 2.45) is 5.92 Å². The zero-order valence-electron chi connectivity index (χ0n) is 10.4. The fraction of sp³-hybridized carbons (Fsp3) is 0.583. The van der Waals surface area contributed by atoms with Gasteiger partial charge in [-0.15, -0.1) is 0 Å². The second-order valence-corrected chi connectivity index (χ2v) is 6.77. The first-order valence-corrected chi connectivity index (χ1v) is 7.86. The van der Waals surface area contributed by atoms with Crippen molar-refractivity contribution in [3.05, 3.63) is 24.0 Å². The van der Waals surface area contributed by atoms with E-state index < -0.39 is 10.0 Å². The first-order chi connectivity index (χ1) is 8.50. The Balaban J connectivity index is 2.05. The lowest BCUT2D eigenvalue weighted by Gasteiger charge is -2.31. The lowest BCUT2D eigenvalue weighted by molar-refractivity contribution is 0.246. The molecule has 2 heterocycles. The van der Waals surface area contributed by atoms with Crippen LogP contribution in [0.3, 0.4) is 0 Å². The zero-order valence-corrected chi connectivity index (χ0v) is 11.2. The molecule has 0 aliphatic carbocycles. The van der Waals surface area contributed by atoms with Gasteiger partial charge in [-0.05, 0) is 30.9 Å². The summed E-state index contributed by atoms with van der Waals surface area (Å²) >= 11 is 0. The minimum Gasteiger partial charge on any atom is -0.339 e. The summed E-state index contributed by atoms with van der Waals surface area (Å²) in [6, 6.07) is 5.76. The van der Waals surface area contributed by atoms with Crippen LogP contribution in [0.15, 0.2) is 18.3 Å². The molecule has 2 rings (SSSR count). The van der Waals surface area contributed by atoms with Gasteiger partial charge in [-0.25, -0.2) is 12.7 Å². The molecular formula is C12H17N3O2S. The Morgan fingerprint density at radius 2 is 2.33 bits per heavy atom. The molecule has 98 valence electrons. The molecular weight excluding hydrogens is 250 g/mol. The highest BCUT2D eigenvalue weighted by molar-refractivity contribution is 7.88. The molecule has 1 saturated heterocycles. The zero-order chi connectivity index (χ0) is 13.2. The summed E-state index contributed by atoms with van der Waals surface area (Å²) in [6.45, 7) is 1.88. The van der Waals surface area contributed by atoms with Gasteiger partial charge < -0.3 is 4.57 Å². The maximum absolute atomic E-state index is 11.5. The highest BCUT2D eigenvalue weighted by Gasteiger charge is 2.26. The van der Waals surface area contributed by atoms with Gasteiger partial charge in [-0.3, -0.25) is 0 Å². The summed E-state index contributed by atoms with van der Waals surface area (Å²) in [5.41, 5.74) is 0.631. The van der Waals surface area contributed by atoms with E-state index in [0.29, 0.717) is 25.3 Å². The van der Waals surface area contributed by atoms with E-state index in [1.807, 2.05) is 16.8 Å². The number of rotatable bonds is 3. The second kappa shape index (κ2) is 5.12. The molecule has 1 aliphatic rings. The monoisotopic (exact) mass is 267 g/mol. The van der Waals surface area contributed by atoms with E-state index in [1.54, 1.807) is 6.07 Å². The minimum atomic E-state index is -3.09. The highest BCUT2D eigenvalue weighted by Crippen LogP contribution is 2.21. The molecule has 0 saturated carbocycles. The van der Waals surface area contributed by atoms with E-state index in [9.17, 15) is 8.42 Å². The lowest BCUT2D eigenvalue weighted by Crippen LogP contribution is -2.40. The largest absolute Gasteiger partial charge is 0.339 e. The van der Waals surface area contributed by atoms with Crippen LogP contribution in [0, 0.1) is 17.2 Å². The smallest absolute Gasteiger partial charge is 0.211 e. The summed E-state index contributed by atoms with van der Waals surface area (Å²) in [5.74, 6) is 0.285. The second-order valence-electron chi connectivity index (χ2n) is 4.79. The van der Waals surface area contributed by atoms with Crippen LogP contribution in [0.5, 0.6) is 0 Å². The van der Waals surface area contributed by atoms with Crippen LogP contribution in [0.2, 0.25) is 0 Å². The van der Waals surface area contributed by atoms with Crippen LogP contribution in [0.25, 0.3) is 0 Å². The van der Waals surface area contributed by atoms with Crippen molar-refractivity contribution in [1.29, 1.82) is 5.26 Å². The van der Waals surface area contributed by atoms with Gasteiger partial charge in [0.25, 0.3) is 0 Å². The van der Waals surface area contributed by atoms with E-state index in [0.717, 1.165) is 12.8 Å². The van der Waals surface area contributed by atoms with Crippen molar-refractivity contribution < 1.29 is 8.42 Å². The van der Waals surface area contributed by atoms with E-state index in [4.69, 9.17) is 5.26 Å². The Bertz CT molecular complexity index is 556. The molecule has 0 bridgehead atoms. The van der Waals surface area contributed by atoms with Gasteiger partial charge in [0.1, 0.15) is 11.8 Å². The van der Waals surface area contributed by atoms with Gasteiger partial charge in [-0.1, -0.05) is 0 Å². The third-order valence-electron chi connectivity index (χ3n) is 3.35. The van der Waals surface area contributed by atoms with Crippen LogP contribution >= 0.6 is 0 Å². The highest BCUT2D eigenvalue weighted by atomic mass is 32.2. The SMILES string of the molecule is CS(=O)(=O)N1CCCC(Cn2cccc2C#N)C1. The van der Waals surface area contributed by atoms with E-state index in [1.165, 1.54) is 10.6 Å². The van der Waals surface area contributed by atoms with E-state index in [-0.39, 0.29) is 5.92 Å². The van der Waals surface area contributed by atoms with Gasteiger partial charge in [0, 0.05) is 25.8 Å². The van der Waals surface area contributed by atoms with E-state index >= 15 is 0 Å². The minimum absolute atomic E-state index is 0.285. The van der Waals surface area contributed by atoms with Crippen molar-refractivity contribution in [1.82, 2.24) is 8.87 Å². The number of piperidine rings is 1. The van der Waals surface area contributed by atoms with Gasteiger partial charge in [-0.2, -0.15) is 5.26 Å². The third-order valence-corrected chi connectivity index (χ3v) is 4.62. The predicted octanol–water partition coefficient (Wildman–Crippen LogP) is 1.03. The molecule has 0 radical (unpaired) electrons. The van der Waals surface area contributed by atoms with Gasteiger partial charge in [0.2, 0.25) is 10.0 Å². The van der Waals surface area contributed by atoms with Crippen LogP contribution in [-0.4, -0.2) is 36.6 Å². The molecule has 0 spiro atoms. The van der Waals surface area contributed by atoms with Crippen LogP contribution in [0.4, 0.5) is 0 Å². The summed E-state index contributed by atoms with van der Waals surface area (Å²) < 4.78 is 26.5. The average molecular weight is 267 g/mol. The van der Waals surface area contributed by atoms with Crippen molar-refractivity contribution in [2.75, 3.05) is 19.3 Å². The first-order valence-electron chi connectivity index (χ1n) is 6.01. The number of hydrogen-bond donors (Lipinski definition) is 0. The topological polar surface area (TPSA) is 66.1 Å². The quantitative estimate of drug-likeness (QED) is 0.821. The van der Waals surface area contributed by atoms with Crippen molar-refractivity contribution in [3.63, 3.8) is 0 Å². The molecule has 1 fully saturated rings. The molecule has 5 nitrogen and oxygen atoms in total. The van der Waals surface area contributed by atoms with Gasteiger partial charge in [0.15, 0.2) is 0 Å². The average Bonchev–Trinajstić information content (AvgIpc) is 2.75. The number of hydrogen-bond acceptors (Lipinski definition) is 3. The van der Waals surface area contributed by atoms with Crippen molar-refractivity contribution in [2.45, 2.75) is 19.4 Å². The molecule has 1 aromatic rings. The molecule has 1 aromatic heterocycles. The first kappa shape index (κ1) is 13.1. The fourth-order valence-corrected chi connectivity index (χ4v) is 3.37. The van der Waals surface area contributed by atoms with E-state index in [2.05, 4.69) is 6.07 Å². The summed E-state index contributed by atoms with van der Waals surface area (Å²) in [7, 11) is -3.09. The number of nitriles is 1. The number of sulfonamides is 1. The molecule has 0 aromatic carbocycles. The fourth-order valence-electron chi connectivity index (χ4n) is 2.43. The Morgan fingerprint density at radius 3 is 3.00 bits per heavy atom. The molecule has 1 unspecified atom stereocenters. The number of nitrogens with zero attached hydrogens (tertiary/aromatic N) is 3. The molecule has 6 heteroatoms. The Hall–Kier alpha value is -1.32. The standard InChI is InChI=1S/C12H17N3O2S/c1-18(16,17)15-7-2-4-11(10-15)9-14-6-3-5-12(14)8-13/h3,5-6,11H,2,4,7,9-10H2,1H3. The molecule has 1 atom stereocenters. The Morgan fingerprint density at radius 1 is 1.56 bits per heavy atom. The van der Waals surface area contributed by atoms with Crippen molar-refractivity contribution >= 4 is 10.0 Å². The van der Waals surface area contributed by atoms with Crippen molar-refractivity contribution in [3.8, 4) is 6.07 Å². The molecule has 0 amide bonds. The predicted molar refractivity (Wildman–Crippen MR) is 68.3 cm³/mol. The Labute approximate surface area is 108 Å². The molecule has 0 N–H and O–H groups in total. The number of aromatic nitrogens is 1. The van der Waals surface area contributed by atoms with Crippen LogP contribution < -0.4 is 0 Å². The molecule has 1 aliphatic heterocycles. The third kappa shape index (κ3) is 2.92. The maximum Gasteiger partial charge on any atom is 0.211 e. The van der Waals surface area contributed by atoms with Gasteiger partial charge in [0.05, 0.1) is 6.26 Å². The summed E-state index contributed by atoms with van der Waals surface area (Å²) in [5, 5.41) is 8.94.